The summed E-state index contributed by atoms with van der Waals surface area (Å²) in [5.41, 5.74) is 0. The van der Waals surface area contributed by atoms with Gasteiger partial charge in [-0.15, -0.1) is 0 Å². The van der Waals surface area contributed by atoms with Crippen molar-refractivity contribution in [2.24, 2.45) is 0 Å². The molecule has 1 aliphatic rings. The maximum atomic E-state index is 8.26. The van der Waals surface area contributed by atoms with Crippen LogP contribution in [0.1, 0.15) is 38.5 Å². The van der Waals surface area contributed by atoms with E-state index in [1.807, 2.05) is 0 Å². The minimum Gasteiger partial charge on any atom is -0.394 e. The molecule has 0 saturated heterocycles. The van der Waals surface area contributed by atoms with Gasteiger partial charge in [0.05, 0.1) is 39.6 Å². The van der Waals surface area contributed by atoms with Gasteiger partial charge in [-0.2, -0.15) is 0 Å². The fourth-order valence-corrected chi connectivity index (χ4v) is 1.51. The topological polar surface area (TPSA) is 58.9 Å². The Bertz CT molecular complexity index is 96.1. The lowest BCUT2D eigenvalue weighted by atomic mass is 10.0. The molecule has 0 bridgehead atoms. The summed E-state index contributed by atoms with van der Waals surface area (Å²) in [6.07, 6.45) is 9.00. The second-order valence-corrected chi connectivity index (χ2v) is 3.79. The predicted molar refractivity (Wildman–Crippen MR) is 63.5 cm³/mol. The van der Waals surface area contributed by atoms with Crippen molar-refractivity contribution in [1.82, 2.24) is 0 Å². The molecule has 1 rings (SSSR count). The Kier molecular flexibility index (Phi) is 14.7. The first kappa shape index (κ1) is 15.8. The Morgan fingerprint density at radius 1 is 0.562 bits per heavy atom. The summed E-state index contributed by atoms with van der Waals surface area (Å²) in [6, 6.07) is 0. The predicted octanol–water partition coefficient (Wildman–Crippen LogP) is 1.34. The van der Waals surface area contributed by atoms with Gasteiger partial charge in [-0.25, -0.2) is 0 Å². The van der Waals surface area contributed by atoms with Gasteiger partial charge in [0.25, 0.3) is 0 Å². The van der Waals surface area contributed by atoms with Crippen molar-refractivity contribution >= 4 is 0 Å². The standard InChI is InChI=1S/C6H14O4.C6H12/c7-1-3-9-5-6-10-4-2-8;1-2-4-6-5-3-1/h7-8H,1-6H2;1-6H2. The van der Waals surface area contributed by atoms with E-state index in [0.717, 1.165) is 0 Å². The minimum atomic E-state index is 0.0417. The number of aliphatic hydroxyl groups is 2. The van der Waals surface area contributed by atoms with E-state index < -0.39 is 0 Å². The summed E-state index contributed by atoms with van der Waals surface area (Å²) in [5.74, 6) is 0. The van der Waals surface area contributed by atoms with Gasteiger partial charge in [-0.1, -0.05) is 38.5 Å². The van der Waals surface area contributed by atoms with Gasteiger partial charge in [0.1, 0.15) is 0 Å². The number of rotatable bonds is 7. The van der Waals surface area contributed by atoms with Crippen LogP contribution in [-0.4, -0.2) is 49.9 Å². The van der Waals surface area contributed by atoms with E-state index in [4.69, 9.17) is 19.7 Å². The molecule has 0 aromatic heterocycles. The maximum absolute atomic E-state index is 8.26. The number of hydrogen-bond donors (Lipinski definition) is 2. The zero-order valence-electron chi connectivity index (χ0n) is 10.2. The number of ether oxygens (including phenoxy) is 2. The van der Waals surface area contributed by atoms with E-state index in [0.29, 0.717) is 26.4 Å². The highest BCUT2D eigenvalue weighted by Gasteiger charge is 1.95. The smallest absolute Gasteiger partial charge is 0.0701 e. The summed E-state index contributed by atoms with van der Waals surface area (Å²) in [5, 5.41) is 16.5. The average Bonchev–Trinajstić information content (AvgIpc) is 2.37. The van der Waals surface area contributed by atoms with E-state index in [-0.39, 0.29) is 13.2 Å². The van der Waals surface area contributed by atoms with Gasteiger partial charge in [-0.3, -0.25) is 0 Å². The van der Waals surface area contributed by atoms with E-state index in [9.17, 15) is 0 Å². The van der Waals surface area contributed by atoms with Crippen LogP contribution in [0.4, 0.5) is 0 Å². The Labute approximate surface area is 98.6 Å². The van der Waals surface area contributed by atoms with Crippen molar-refractivity contribution in [2.75, 3.05) is 39.6 Å². The van der Waals surface area contributed by atoms with Crippen molar-refractivity contribution in [3.05, 3.63) is 0 Å². The van der Waals surface area contributed by atoms with Gasteiger partial charge < -0.3 is 19.7 Å². The van der Waals surface area contributed by atoms with E-state index >= 15 is 0 Å². The van der Waals surface area contributed by atoms with Gasteiger partial charge in [0.2, 0.25) is 0 Å². The molecule has 1 aliphatic carbocycles. The summed E-state index contributed by atoms with van der Waals surface area (Å²) < 4.78 is 9.75. The van der Waals surface area contributed by atoms with Crippen LogP contribution >= 0.6 is 0 Å². The third kappa shape index (κ3) is 13.8. The van der Waals surface area contributed by atoms with E-state index in [2.05, 4.69) is 0 Å². The summed E-state index contributed by atoms with van der Waals surface area (Å²) in [7, 11) is 0. The SMILES string of the molecule is C1CCCCC1.OCCOCCOCCO. The Morgan fingerprint density at radius 2 is 0.875 bits per heavy atom. The van der Waals surface area contributed by atoms with Crippen molar-refractivity contribution in [1.29, 1.82) is 0 Å². The minimum absolute atomic E-state index is 0.0417. The van der Waals surface area contributed by atoms with Gasteiger partial charge in [0.15, 0.2) is 0 Å². The van der Waals surface area contributed by atoms with Gasteiger partial charge in [-0.05, 0) is 0 Å². The fraction of sp³-hybridized carbons (Fsp3) is 1.00. The zero-order valence-corrected chi connectivity index (χ0v) is 10.2. The molecule has 1 fully saturated rings. The molecule has 0 heterocycles. The molecule has 0 unspecified atom stereocenters. The highest BCUT2D eigenvalue weighted by atomic mass is 16.5. The second-order valence-electron chi connectivity index (χ2n) is 3.79. The Morgan fingerprint density at radius 3 is 1.12 bits per heavy atom. The molecule has 0 amide bonds. The molecule has 4 nitrogen and oxygen atoms in total. The monoisotopic (exact) mass is 234 g/mol. The van der Waals surface area contributed by atoms with Crippen LogP contribution in [0, 0.1) is 0 Å². The number of aliphatic hydroxyl groups excluding tert-OH is 2. The maximum Gasteiger partial charge on any atom is 0.0701 e. The molecule has 1 saturated carbocycles. The zero-order chi connectivity index (χ0) is 11.9. The van der Waals surface area contributed by atoms with E-state index in [1.165, 1.54) is 38.5 Å². The largest absolute Gasteiger partial charge is 0.394 e. The lowest BCUT2D eigenvalue weighted by molar-refractivity contribution is 0.0222. The van der Waals surface area contributed by atoms with Crippen LogP contribution < -0.4 is 0 Å². The van der Waals surface area contributed by atoms with Crippen LogP contribution in [-0.2, 0) is 9.47 Å². The van der Waals surface area contributed by atoms with Crippen LogP contribution in [0.5, 0.6) is 0 Å². The van der Waals surface area contributed by atoms with Crippen LogP contribution in [0.3, 0.4) is 0 Å². The van der Waals surface area contributed by atoms with Gasteiger partial charge in [0, 0.05) is 0 Å². The molecule has 16 heavy (non-hydrogen) atoms. The van der Waals surface area contributed by atoms with Crippen molar-refractivity contribution in [3.63, 3.8) is 0 Å². The molecule has 0 aromatic rings. The quantitative estimate of drug-likeness (QED) is 0.653. The molecule has 0 spiro atoms. The summed E-state index contributed by atoms with van der Waals surface area (Å²) in [4.78, 5) is 0. The lowest BCUT2D eigenvalue weighted by Gasteiger charge is -2.05. The number of hydrogen-bond acceptors (Lipinski definition) is 4. The molecule has 0 aliphatic heterocycles. The second kappa shape index (κ2) is 14.8. The highest BCUT2D eigenvalue weighted by Crippen LogP contribution is 2.15. The third-order valence-electron chi connectivity index (χ3n) is 2.34. The lowest BCUT2D eigenvalue weighted by Crippen LogP contribution is -2.09. The van der Waals surface area contributed by atoms with Crippen LogP contribution in [0.2, 0.25) is 0 Å². The Hall–Kier alpha value is -0.160. The molecule has 0 aromatic carbocycles. The third-order valence-corrected chi connectivity index (χ3v) is 2.34. The summed E-state index contributed by atoms with van der Waals surface area (Å²) in [6.45, 7) is 1.73. The molecular weight excluding hydrogens is 208 g/mol. The van der Waals surface area contributed by atoms with Crippen LogP contribution in [0.25, 0.3) is 0 Å². The van der Waals surface area contributed by atoms with Gasteiger partial charge >= 0.3 is 0 Å². The fourth-order valence-electron chi connectivity index (χ4n) is 1.51. The van der Waals surface area contributed by atoms with Crippen molar-refractivity contribution < 1.29 is 19.7 Å². The molecule has 2 N–H and O–H groups in total. The first-order chi connectivity index (χ1) is 7.91. The molecule has 98 valence electrons. The first-order valence-corrected chi connectivity index (χ1v) is 6.29. The normalized spacial score (nSPS) is 15.4. The van der Waals surface area contributed by atoms with E-state index in [1.54, 1.807) is 0 Å². The molecule has 0 radical (unpaired) electrons. The molecule has 0 atom stereocenters. The first-order valence-electron chi connectivity index (χ1n) is 6.29. The van der Waals surface area contributed by atoms with Crippen LogP contribution in [0.15, 0.2) is 0 Å². The Balaban J connectivity index is 0.000000315. The molecular formula is C12H26O4. The van der Waals surface area contributed by atoms with Crippen molar-refractivity contribution in [2.45, 2.75) is 38.5 Å². The highest BCUT2D eigenvalue weighted by molar-refractivity contribution is 4.51. The molecule has 4 heteroatoms. The average molecular weight is 234 g/mol. The van der Waals surface area contributed by atoms with Crippen molar-refractivity contribution in [3.8, 4) is 0 Å². The summed E-state index contributed by atoms with van der Waals surface area (Å²) >= 11 is 0.